The van der Waals surface area contributed by atoms with Gasteiger partial charge < -0.3 is 14.8 Å². The summed E-state index contributed by atoms with van der Waals surface area (Å²) >= 11 is 11.8. The summed E-state index contributed by atoms with van der Waals surface area (Å²) < 4.78 is 10.5. The van der Waals surface area contributed by atoms with Crippen molar-refractivity contribution in [2.24, 2.45) is 5.92 Å². The number of halogens is 2. The lowest BCUT2D eigenvalue weighted by atomic mass is 10.2. The molecule has 0 aromatic heterocycles. The predicted molar refractivity (Wildman–Crippen MR) is 102 cm³/mol. The van der Waals surface area contributed by atoms with Gasteiger partial charge in [-0.05, 0) is 48.4 Å². The van der Waals surface area contributed by atoms with Gasteiger partial charge in [0.15, 0.2) is 6.61 Å². The molecule has 0 aliphatic heterocycles. The quantitative estimate of drug-likeness (QED) is 0.682. The fourth-order valence-corrected chi connectivity index (χ4v) is 2.41. The van der Waals surface area contributed by atoms with Crippen LogP contribution in [-0.4, -0.2) is 25.1 Å². The van der Waals surface area contributed by atoms with Crippen molar-refractivity contribution in [1.29, 1.82) is 0 Å². The summed E-state index contributed by atoms with van der Waals surface area (Å²) in [5.74, 6) is -0.107. The highest BCUT2D eigenvalue weighted by atomic mass is 35.5. The molecule has 2 rings (SSSR count). The molecule has 0 aliphatic carbocycles. The van der Waals surface area contributed by atoms with Crippen LogP contribution in [0.5, 0.6) is 5.75 Å². The molecule has 0 spiro atoms. The van der Waals surface area contributed by atoms with Crippen LogP contribution in [0.2, 0.25) is 10.0 Å². The third-order valence-electron chi connectivity index (χ3n) is 3.20. The zero-order valence-corrected chi connectivity index (χ0v) is 15.9. The van der Waals surface area contributed by atoms with E-state index in [9.17, 15) is 9.59 Å². The number of carbonyl (C=O) groups is 2. The first-order chi connectivity index (χ1) is 12.3. The van der Waals surface area contributed by atoms with Crippen molar-refractivity contribution in [2.75, 3.05) is 18.5 Å². The molecule has 2 aromatic carbocycles. The second kappa shape index (κ2) is 9.46. The highest BCUT2D eigenvalue weighted by Crippen LogP contribution is 2.27. The average molecular weight is 396 g/mol. The molecule has 26 heavy (non-hydrogen) atoms. The summed E-state index contributed by atoms with van der Waals surface area (Å²) in [6.07, 6.45) is 0. The van der Waals surface area contributed by atoms with Crippen molar-refractivity contribution >= 4 is 40.8 Å². The van der Waals surface area contributed by atoms with Gasteiger partial charge in [0, 0.05) is 10.7 Å². The minimum absolute atomic E-state index is 0.209. The zero-order valence-electron chi connectivity index (χ0n) is 14.4. The topological polar surface area (TPSA) is 64.6 Å². The maximum absolute atomic E-state index is 12.0. The Morgan fingerprint density at radius 3 is 2.38 bits per heavy atom. The molecule has 1 amide bonds. The monoisotopic (exact) mass is 395 g/mol. The van der Waals surface area contributed by atoms with E-state index in [1.165, 1.54) is 6.07 Å². The van der Waals surface area contributed by atoms with Crippen molar-refractivity contribution in [1.82, 2.24) is 0 Å². The Morgan fingerprint density at radius 1 is 1.08 bits per heavy atom. The molecule has 0 saturated heterocycles. The van der Waals surface area contributed by atoms with Crippen LogP contribution in [0.25, 0.3) is 0 Å². The minimum Gasteiger partial charge on any atom is -0.482 e. The van der Waals surface area contributed by atoms with E-state index in [1.54, 1.807) is 36.4 Å². The van der Waals surface area contributed by atoms with Gasteiger partial charge in [0.05, 0.1) is 17.2 Å². The molecular formula is C19H19Cl2NO4. The lowest BCUT2D eigenvalue weighted by Gasteiger charge is -2.10. The van der Waals surface area contributed by atoms with Crippen molar-refractivity contribution in [2.45, 2.75) is 13.8 Å². The van der Waals surface area contributed by atoms with Crippen LogP contribution in [0.15, 0.2) is 42.5 Å². The molecule has 0 fully saturated rings. The SMILES string of the molecule is CC(C)COC(=O)c1ccc(NC(=O)COc2ccc(Cl)cc2Cl)cc1. The number of anilines is 1. The number of carbonyl (C=O) groups excluding carboxylic acids is 2. The van der Waals surface area contributed by atoms with E-state index in [-0.39, 0.29) is 18.4 Å². The maximum atomic E-state index is 12.0. The largest absolute Gasteiger partial charge is 0.482 e. The molecule has 0 unspecified atom stereocenters. The Bertz CT molecular complexity index is 776. The first-order valence-electron chi connectivity index (χ1n) is 8.00. The van der Waals surface area contributed by atoms with E-state index in [4.69, 9.17) is 32.7 Å². The van der Waals surface area contributed by atoms with Crippen molar-refractivity contribution in [3.8, 4) is 5.75 Å². The Kier molecular flexibility index (Phi) is 7.30. The van der Waals surface area contributed by atoms with Crippen LogP contribution in [0.3, 0.4) is 0 Å². The molecule has 1 N–H and O–H groups in total. The highest BCUT2D eigenvalue weighted by molar-refractivity contribution is 6.35. The second-order valence-electron chi connectivity index (χ2n) is 5.98. The van der Waals surface area contributed by atoms with E-state index < -0.39 is 5.97 Å². The Labute approximate surface area is 162 Å². The number of hydrogen-bond acceptors (Lipinski definition) is 4. The molecule has 0 heterocycles. The maximum Gasteiger partial charge on any atom is 0.338 e. The molecule has 0 atom stereocenters. The van der Waals surface area contributed by atoms with E-state index in [0.717, 1.165) is 0 Å². The summed E-state index contributed by atoms with van der Waals surface area (Å²) in [7, 11) is 0. The second-order valence-corrected chi connectivity index (χ2v) is 6.82. The van der Waals surface area contributed by atoms with E-state index in [2.05, 4.69) is 5.32 Å². The highest BCUT2D eigenvalue weighted by Gasteiger charge is 2.10. The molecule has 0 saturated carbocycles. The standard InChI is InChI=1S/C19H19Cl2NO4/c1-12(2)10-26-19(24)13-3-6-15(7-4-13)22-18(23)11-25-17-8-5-14(20)9-16(17)21/h3-9,12H,10-11H2,1-2H3,(H,22,23). The molecule has 138 valence electrons. The molecule has 0 aliphatic rings. The zero-order chi connectivity index (χ0) is 19.1. The Balaban J connectivity index is 1.86. The molecular weight excluding hydrogens is 377 g/mol. The number of amides is 1. The van der Waals surface area contributed by atoms with Crippen molar-refractivity contribution < 1.29 is 19.1 Å². The van der Waals surface area contributed by atoms with Crippen LogP contribution in [0.4, 0.5) is 5.69 Å². The fraction of sp³-hybridized carbons (Fsp3) is 0.263. The third-order valence-corrected chi connectivity index (χ3v) is 3.74. The molecule has 0 radical (unpaired) electrons. The lowest BCUT2D eigenvalue weighted by molar-refractivity contribution is -0.118. The van der Waals surface area contributed by atoms with Gasteiger partial charge in [-0.1, -0.05) is 37.0 Å². The average Bonchev–Trinajstić information content (AvgIpc) is 2.59. The fourth-order valence-electron chi connectivity index (χ4n) is 1.95. The lowest BCUT2D eigenvalue weighted by Crippen LogP contribution is -2.20. The Hall–Kier alpha value is -2.24. The third kappa shape index (κ3) is 6.24. The van der Waals surface area contributed by atoms with Gasteiger partial charge in [-0.25, -0.2) is 4.79 Å². The van der Waals surface area contributed by atoms with E-state index in [1.807, 2.05) is 13.8 Å². The number of esters is 1. The first kappa shape index (κ1) is 20.1. The van der Waals surface area contributed by atoms with Gasteiger partial charge in [-0.15, -0.1) is 0 Å². The van der Waals surface area contributed by atoms with Crippen molar-refractivity contribution in [3.63, 3.8) is 0 Å². The van der Waals surface area contributed by atoms with Gasteiger partial charge in [0.1, 0.15) is 5.75 Å². The molecule has 0 bridgehead atoms. The summed E-state index contributed by atoms with van der Waals surface area (Å²) in [4.78, 5) is 23.8. The summed E-state index contributed by atoms with van der Waals surface area (Å²) in [5.41, 5.74) is 0.967. The van der Waals surface area contributed by atoms with Crippen LogP contribution in [0, 0.1) is 5.92 Å². The van der Waals surface area contributed by atoms with Gasteiger partial charge in [-0.2, -0.15) is 0 Å². The Morgan fingerprint density at radius 2 is 1.77 bits per heavy atom. The van der Waals surface area contributed by atoms with E-state index in [0.29, 0.717) is 33.7 Å². The number of hydrogen-bond donors (Lipinski definition) is 1. The smallest absolute Gasteiger partial charge is 0.338 e. The van der Waals surface area contributed by atoms with Crippen LogP contribution >= 0.6 is 23.2 Å². The first-order valence-corrected chi connectivity index (χ1v) is 8.75. The normalized spacial score (nSPS) is 10.5. The predicted octanol–water partition coefficient (Wildman–Crippen LogP) is 4.82. The van der Waals surface area contributed by atoms with Crippen LogP contribution in [-0.2, 0) is 9.53 Å². The molecule has 7 heteroatoms. The number of nitrogens with one attached hydrogen (secondary N) is 1. The van der Waals surface area contributed by atoms with Gasteiger partial charge >= 0.3 is 5.97 Å². The summed E-state index contributed by atoms with van der Waals surface area (Å²) in [6, 6.07) is 11.2. The van der Waals surface area contributed by atoms with E-state index >= 15 is 0 Å². The van der Waals surface area contributed by atoms with Gasteiger partial charge in [0.2, 0.25) is 0 Å². The minimum atomic E-state index is -0.391. The van der Waals surface area contributed by atoms with Crippen molar-refractivity contribution in [3.05, 3.63) is 58.1 Å². The molecule has 5 nitrogen and oxygen atoms in total. The summed E-state index contributed by atoms with van der Waals surface area (Å²) in [6.45, 7) is 4.08. The van der Waals surface area contributed by atoms with Gasteiger partial charge in [-0.3, -0.25) is 4.79 Å². The van der Waals surface area contributed by atoms with Gasteiger partial charge in [0.25, 0.3) is 5.91 Å². The molecule has 2 aromatic rings. The summed E-state index contributed by atoms with van der Waals surface area (Å²) in [5, 5.41) is 3.49. The van der Waals surface area contributed by atoms with Crippen LogP contribution < -0.4 is 10.1 Å². The number of benzene rings is 2. The number of rotatable bonds is 7. The van der Waals surface area contributed by atoms with Crippen LogP contribution in [0.1, 0.15) is 24.2 Å². The number of ether oxygens (including phenoxy) is 2.